The summed E-state index contributed by atoms with van der Waals surface area (Å²) in [4.78, 5) is 21.3. The second-order valence-electron chi connectivity index (χ2n) is 2.95. The number of carboxylic acids is 1. The van der Waals surface area contributed by atoms with E-state index in [2.05, 4.69) is 5.32 Å². The fraction of sp³-hybridized carbons (Fsp3) is 0.273. The summed E-state index contributed by atoms with van der Waals surface area (Å²) in [7, 11) is 3.75. The molecule has 0 fully saturated rings. The highest BCUT2D eigenvalue weighted by Gasteiger charge is 2.15. The van der Waals surface area contributed by atoms with Crippen LogP contribution in [-0.4, -0.2) is 31.0 Å². The molecule has 0 amide bonds. The summed E-state index contributed by atoms with van der Waals surface area (Å²) in [5.41, 5.74) is 0.940. The SMILES string of the molecule is CNC.Cc1ccccc1C(=O)C(=O)O. The second-order valence-corrected chi connectivity index (χ2v) is 2.95. The van der Waals surface area contributed by atoms with Gasteiger partial charge in [-0.05, 0) is 26.6 Å². The van der Waals surface area contributed by atoms with E-state index in [1.807, 2.05) is 14.1 Å². The Kier molecular flexibility index (Phi) is 5.97. The summed E-state index contributed by atoms with van der Waals surface area (Å²) in [6, 6.07) is 6.61. The third kappa shape index (κ3) is 4.37. The Morgan fingerprint density at radius 1 is 1.20 bits per heavy atom. The lowest BCUT2D eigenvalue weighted by atomic mass is 10.1. The number of carbonyl (C=O) groups excluding carboxylic acids is 1. The number of rotatable bonds is 2. The Balaban J connectivity index is 0.000000583. The molecule has 0 aliphatic rings. The monoisotopic (exact) mass is 209 g/mol. The van der Waals surface area contributed by atoms with Crippen molar-refractivity contribution in [1.29, 1.82) is 0 Å². The molecule has 0 saturated heterocycles. The van der Waals surface area contributed by atoms with Gasteiger partial charge in [-0.25, -0.2) is 4.79 Å². The molecule has 0 aliphatic carbocycles. The molecule has 15 heavy (non-hydrogen) atoms. The molecule has 2 N–H and O–H groups in total. The molecule has 0 saturated carbocycles. The van der Waals surface area contributed by atoms with Gasteiger partial charge in [0.2, 0.25) is 0 Å². The normalized spacial score (nSPS) is 8.73. The van der Waals surface area contributed by atoms with Crippen LogP contribution in [0, 0.1) is 6.92 Å². The molecule has 0 spiro atoms. The first-order valence-electron chi connectivity index (χ1n) is 4.46. The van der Waals surface area contributed by atoms with Crippen LogP contribution in [-0.2, 0) is 4.79 Å². The van der Waals surface area contributed by atoms with Crippen LogP contribution in [0.5, 0.6) is 0 Å². The van der Waals surface area contributed by atoms with Crippen molar-refractivity contribution in [2.75, 3.05) is 14.1 Å². The van der Waals surface area contributed by atoms with Crippen LogP contribution in [0.3, 0.4) is 0 Å². The topological polar surface area (TPSA) is 66.4 Å². The number of carboxylic acid groups (broad SMARTS) is 1. The molecule has 1 aromatic rings. The summed E-state index contributed by atoms with van der Waals surface area (Å²) in [6.07, 6.45) is 0. The fourth-order valence-electron chi connectivity index (χ4n) is 0.943. The van der Waals surface area contributed by atoms with Crippen molar-refractivity contribution in [3.05, 3.63) is 35.4 Å². The summed E-state index contributed by atoms with van der Waals surface area (Å²) < 4.78 is 0. The van der Waals surface area contributed by atoms with Crippen molar-refractivity contribution in [3.8, 4) is 0 Å². The van der Waals surface area contributed by atoms with E-state index in [4.69, 9.17) is 5.11 Å². The number of nitrogens with one attached hydrogen (secondary N) is 1. The highest BCUT2D eigenvalue weighted by molar-refractivity contribution is 6.40. The minimum atomic E-state index is -1.41. The minimum absolute atomic E-state index is 0.255. The Labute approximate surface area is 88.9 Å². The molecule has 0 aliphatic heterocycles. The van der Waals surface area contributed by atoms with Gasteiger partial charge in [0.25, 0.3) is 5.78 Å². The average Bonchev–Trinajstić information content (AvgIpc) is 2.18. The number of benzene rings is 1. The number of hydrogen-bond acceptors (Lipinski definition) is 3. The fourth-order valence-corrected chi connectivity index (χ4v) is 0.943. The van der Waals surface area contributed by atoms with Gasteiger partial charge in [-0.15, -0.1) is 0 Å². The third-order valence-corrected chi connectivity index (χ3v) is 1.58. The Morgan fingerprint density at radius 2 is 1.67 bits per heavy atom. The van der Waals surface area contributed by atoms with E-state index < -0.39 is 11.8 Å². The summed E-state index contributed by atoms with van der Waals surface area (Å²) in [5.74, 6) is -2.27. The van der Waals surface area contributed by atoms with Crippen LogP contribution in [0.2, 0.25) is 0 Å². The Hall–Kier alpha value is -1.68. The van der Waals surface area contributed by atoms with Crippen LogP contribution < -0.4 is 5.32 Å². The van der Waals surface area contributed by atoms with Crippen molar-refractivity contribution >= 4 is 11.8 Å². The van der Waals surface area contributed by atoms with Gasteiger partial charge < -0.3 is 10.4 Å². The zero-order valence-electron chi connectivity index (χ0n) is 9.07. The third-order valence-electron chi connectivity index (χ3n) is 1.58. The van der Waals surface area contributed by atoms with Crippen LogP contribution in [0.4, 0.5) is 0 Å². The van der Waals surface area contributed by atoms with E-state index in [9.17, 15) is 9.59 Å². The van der Waals surface area contributed by atoms with E-state index in [1.165, 1.54) is 6.07 Å². The minimum Gasteiger partial charge on any atom is -0.475 e. The van der Waals surface area contributed by atoms with E-state index in [-0.39, 0.29) is 5.56 Å². The molecule has 0 atom stereocenters. The van der Waals surface area contributed by atoms with Gasteiger partial charge in [-0.2, -0.15) is 0 Å². The standard InChI is InChI=1S/C9H8O3.C2H7N/c1-6-4-2-3-5-7(6)8(10)9(11)12;1-3-2/h2-5H,1H3,(H,11,12);3H,1-2H3. The quantitative estimate of drug-likeness (QED) is 0.565. The van der Waals surface area contributed by atoms with Crippen LogP contribution in [0.15, 0.2) is 24.3 Å². The zero-order chi connectivity index (χ0) is 11.8. The first kappa shape index (κ1) is 13.3. The van der Waals surface area contributed by atoms with Gasteiger partial charge in [0.05, 0.1) is 0 Å². The predicted octanol–water partition coefficient (Wildman–Crippen LogP) is 1.10. The maximum absolute atomic E-state index is 11.0. The Morgan fingerprint density at radius 3 is 2.07 bits per heavy atom. The highest BCUT2D eigenvalue weighted by atomic mass is 16.4. The zero-order valence-corrected chi connectivity index (χ0v) is 9.07. The first-order valence-corrected chi connectivity index (χ1v) is 4.46. The van der Waals surface area contributed by atoms with Crippen molar-refractivity contribution in [1.82, 2.24) is 5.32 Å². The van der Waals surface area contributed by atoms with E-state index in [0.717, 1.165) is 0 Å². The molecular formula is C11H15NO3. The maximum Gasteiger partial charge on any atom is 0.377 e. The van der Waals surface area contributed by atoms with E-state index in [0.29, 0.717) is 5.56 Å². The van der Waals surface area contributed by atoms with Gasteiger partial charge in [0, 0.05) is 5.56 Å². The van der Waals surface area contributed by atoms with Crippen LogP contribution >= 0.6 is 0 Å². The van der Waals surface area contributed by atoms with Crippen molar-refractivity contribution in [2.45, 2.75) is 6.92 Å². The van der Waals surface area contributed by atoms with Crippen LogP contribution in [0.1, 0.15) is 15.9 Å². The largest absolute Gasteiger partial charge is 0.475 e. The lowest BCUT2D eigenvalue weighted by Crippen LogP contribution is -2.13. The molecule has 0 aromatic heterocycles. The second kappa shape index (κ2) is 6.73. The smallest absolute Gasteiger partial charge is 0.377 e. The van der Waals surface area contributed by atoms with Gasteiger partial charge in [-0.1, -0.05) is 24.3 Å². The van der Waals surface area contributed by atoms with Gasteiger partial charge in [0.1, 0.15) is 0 Å². The number of aliphatic carboxylic acids is 1. The molecule has 1 aromatic carbocycles. The van der Waals surface area contributed by atoms with Crippen molar-refractivity contribution < 1.29 is 14.7 Å². The first-order chi connectivity index (χ1) is 7.04. The maximum atomic E-state index is 11.0. The van der Waals surface area contributed by atoms with Crippen LogP contribution in [0.25, 0.3) is 0 Å². The molecule has 0 heterocycles. The van der Waals surface area contributed by atoms with E-state index >= 15 is 0 Å². The molecule has 0 unspecified atom stereocenters. The van der Waals surface area contributed by atoms with Crippen molar-refractivity contribution in [3.63, 3.8) is 0 Å². The van der Waals surface area contributed by atoms with E-state index in [1.54, 1.807) is 25.1 Å². The molecule has 82 valence electrons. The number of ketones is 1. The number of Topliss-reactive ketones (excluding diaryl/α,β-unsaturated/α-hetero) is 1. The number of hydrogen-bond donors (Lipinski definition) is 2. The summed E-state index contributed by atoms with van der Waals surface area (Å²) in [6.45, 7) is 1.70. The van der Waals surface area contributed by atoms with Gasteiger partial charge >= 0.3 is 5.97 Å². The number of aryl methyl sites for hydroxylation is 1. The molecule has 1 rings (SSSR count). The summed E-state index contributed by atoms with van der Waals surface area (Å²) in [5, 5.41) is 11.2. The van der Waals surface area contributed by atoms with Gasteiger partial charge in [0.15, 0.2) is 0 Å². The predicted molar refractivity (Wildman–Crippen MR) is 58.1 cm³/mol. The van der Waals surface area contributed by atoms with Gasteiger partial charge in [-0.3, -0.25) is 4.79 Å². The average molecular weight is 209 g/mol. The molecule has 0 bridgehead atoms. The molecule has 0 radical (unpaired) electrons. The lowest BCUT2D eigenvalue weighted by molar-refractivity contribution is -0.131. The highest BCUT2D eigenvalue weighted by Crippen LogP contribution is 2.07. The van der Waals surface area contributed by atoms with Crippen molar-refractivity contribution in [2.24, 2.45) is 0 Å². The molecular weight excluding hydrogens is 194 g/mol. The summed E-state index contributed by atoms with van der Waals surface area (Å²) >= 11 is 0. The molecule has 4 heteroatoms. The molecule has 4 nitrogen and oxygen atoms in total. The Bertz CT molecular complexity index is 347. The lowest BCUT2D eigenvalue weighted by Gasteiger charge is -1.98. The number of carbonyl (C=O) groups is 2.